The highest BCUT2D eigenvalue weighted by Gasteiger charge is 2.51. The van der Waals surface area contributed by atoms with Gasteiger partial charge < -0.3 is 10.4 Å². The van der Waals surface area contributed by atoms with E-state index >= 15 is 0 Å². The third kappa shape index (κ3) is 2.96. The molecule has 2 aliphatic carbocycles. The van der Waals surface area contributed by atoms with Gasteiger partial charge in [-0.2, -0.15) is 0 Å². The highest BCUT2D eigenvalue weighted by atomic mass is 35.5. The van der Waals surface area contributed by atoms with Gasteiger partial charge in [-0.05, 0) is 30.4 Å². The zero-order valence-corrected chi connectivity index (χ0v) is 14.6. The number of carboxylic acid groups (broad SMARTS) is 1. The number of fused-ring (bicyclic) bond motifs is 2. The van der Waals surface area contributed by atoms with Gasteiger partial charge in [-0.15, -0.1) is 11.3 Å². The number of carbonyl (C=O) groups is 2. The van der Waals surface area contributed by atoms with Crippen LogP contribution in [0.4, 0.5) is 5.13 Å². The lowest BCUT2D eigenvalue weighted by Crippen LogP contribution is -2.36. The van der Waals surface area contributed by atoms with Crippen LogP contribution in [0.5, 0.6) is 0 Å². The summed E-state index contributed by atoms with van der Waals surface area (Å²) in [5.74, 6) is -2.39. The molecule has 1 saturated carbocycles. The number of benzene rings is 1. The van der Waals surface area contributed by atoms with Crippen molar-refractivity contribution in [2.45, 2.75) is 6.42 Å². The standard InChI is InChI=1S/C18H15ClN2O3S/c19-12-5-3-9(4-6-12)13-8-25-18(20-13)21-16(22)14-10-1-2-11(7-10)15(14)17(23)24/h1-6,8,10-11,14-15H,7H2,(H,23,24)(H,20,21,22)/t10-,11-,14-,15+/m0/s1. The first-order valence-electron chi connectivity index (χ1n) is 7.96. The summed E-state index contributed by atoms with van der Waals surface area (Å²) >= 11 is 7.21. The van der Waals surface area contributed by atoms with Gasteiger partial charge >= 0.3 is 5.97 Å². The lowest BCUT2D eigenvalue weighted by Gasteiger charge is -2.23. The molecule has 0 aliphatic heterocycles. The Bertz CT molecular complexity index is 861. The summed E-state index contributed by atoms with van der Waals surface area (Å²) in [6.07, 6.45) is 4.63. The Morgan fingerprint density at radius 1 is 1.16 bits per heavy atom. The second-order valence-electron chi connectivity index (χ2n) is 6.37. The predicted octanol–water partition coefficient (Wildman–Crippen LogP) is 3.92. The van der Waals surface area contributed by atoms with E-state index in [-0.39, 0.29) is 17.7 Å². The summed E-state index contributed by atoms with van der Waals surface area (Å²) in [5.41, 5.74) is 1.66. The van der Waals surface area contributed by atoms with Crippen LogP contribution in [0.25, 0.3) is 11.3 Å². The monoisotopic (exact) mass is 374 g/mol. The smallest absolute Gasteiger partial charge is 0.307 e. The zero-order valence-electron chi connectivity index (χ0n) is 13.1. The maximum Gasteiger partial charge on any atom is 0.307 e. The van der Waals surface area contributed by atoms with E-state index in [0.717, 1.165) is 17.7 Å². The Morgan fingerprint density at radius 3 is 2.52 bits per heavy atom. The summed E-state index contributed by atoms with van der Waals surface area (Å²) < 4.78 is 0. The molecule has 4 rings (SSSR count). The van der Waals surface area contributed by atoms with E-state index in [1.807, 2.05) is 29.7 Å². The van der Waals surface area contributed by atoms with Crippen molar-refractivity contribution in [2.75, 3.05) is 5.32 Å². The molecule has 2 bridgehead atoms. The Morgan fingerprint density at radius 2 is 1.84 bits per heavy atom. The van der Waals surface area contributed by atoms with E-state index in [0.29, 0.717) is 10.2 Å². The molecular weight excluding hydrogens is 360 g/mol. The minimum atomic E-state index is -0.905. The first kappa shape index (κ1) is 16.3. The molecule has 5 nitrogen and oxygen atoms in total. The van der Waals surface area contributed by atoms with Crippen molar-refractivity contribution in [3.63, 3.8) is 0 Å². The van der Waals surface area contributed by atoms with Crippen molar-refractivity contribution >= 4 is 39.9 Å². The number of aromatic nitrogens is 1. The van der Waals surface area contributed by atoms with Crippen molar-refractivity contribution in [3.8, 4) is 11.3 Å². The van der Waals surface area contributed by atoms with Gasteiger partial charge in [0, 0.05) is 16.0 Å². The number of carboxylic acids is 1. The van der Waals surface area contributed by atoms with Crippen LogP contribution < -0.4 is 5.32 Å². The number of nitrogens with one attached hydrogen (secondary N) is 1. The third-order valence-corrected chi connectivity index (χ3v) is 5.93. The summed E-state index contributed by atoms with van der Waals surface area (Å²) in [7, 11) is 0. The molecule has 1 amide bonds. The predicted molar refractivity (Wildman–Crippen MR) is 96.5 cm³/mol. The number of rotatable bonds is 4. The molecule has 2 aliphatic rings. The highest BCUT2D eigenvalue weighted by molar-refractivity contribution is 7.14. The molecule has 7 heteroatoms. The highest BCUT2D eigenvalue weighted by Crippen LogP contribution is 2.48. The number of amides is 1. The fourth-order valence-corrected chi connectivity index (χ4v) is 4.64. The molecule has 0 saturated heterocycles. The van der Waals surface area contributed by atoms with Gasteiger partial charge in [-0.25, -0.2) is 4.98 Å². The fourth-order valence-electron chi connectivity index (χ4n) is 3.79. The third-order valence-electron chi connectivity index (χ3n) is 4.92. The lowest BCUT2D eigenvalue weighted by atomic mass is 9.82. The SMILES string of the molecule is O=C(Nc1nc(-c2ccc(Cl)cc2)cs1)[C@@H]1[C@H](C(=O)O)[C@H]2C=C[C@H]1C2. The Kier molecular flexibility index (Phi) is 4.09. The number of halogens is 1. The van der Waals surface area contributed by atoms with Crippen LogP contribution in [-0.4, -0.2) is 22.0 Å². The van der Waals surface area contributed by atoms with E-state index in [9.17, 15) is 14.7 Å². The van der Waals surface area contributed by atoms with E-state index in [2.05, 4.69) is 10.3 Å². The minimum Gasteiger partial charge on any atom is -0.481 e. The first-order valence-corrected chi connectivity index (χ1v) is 9.22. The van der Waals surface area contributed by atoms with E-state index in [1.54, 1.807) is 12.1 Å². The van der Waals surface area contributed by atoms with Crippen LogP contribution >= 0.6 is 22.9 Å². The second-order valence-corrected chi connectivity index (χ2v) is 7.67. The summed E-state index contributed by atoms with van der Waals surface area (Å²) in [6.45, 7) is 0. The van der Waals surface area contributed by atoms with E-state index < -0.39 is 17.8 Å². The van der Waals surface area contributed by atoms with Crippen molar-refractivity contribution in [1.29, 1.82) is 0 Å². The molecule has 25 heavy (non-hydrogen) atoms. The molecule has 1 aromatic heterocycles. The largest absolute Gasteiger partial charge is 0.481 e. The van der Waals surface area contributed by atoms with Crippen LogP contribution in [0, 0.1) is 23.7 Å². The number of nitrogens with zero attached hydrogens (tertiary/aromatic N) is 1. The molecule has 1 fully saturated rings. The van der Waals surface area contributed by atoms with Gasteiger partial charge in [0.25, 0.3) is 0 Å². The number of carbonyl (C=O) groups excluding carboxylic acids is 1. The van der Waals surface area contributed by atoms with Gasteiger partial charge in [0.05, 0.1) is 17.5 Å². The van der Waals surface area contributed by atoms with Crippen LogP contribution in [0.15, 0.2) is 41.8 Å². The van der Waals surface area contributed by atoms with Crippen LogP contribution in [0.3, 0.4) is 0 Å². The Hall–Kier alpha value is -2.18. The normalized spacial score (nSPS) is 26.8. The molecule has 128 valence electrons. The molecule has 0 radical (unpaired) electrons. The molecule has 2 N–H and O–H groups in total. The Balaban J connectivity index is 1.51. The van der Waals surface area contributed by atoms with Gasteiger partial charge in [0.1, 0.15) is 0 Å². The zero-order chi connectivity index (χ0) is 17.6. The van der Waals surface area contributed by atoms with Gasteiger partial charge in [0.15, 0.2) is 5.13 Å². The number of hydrogen-bond acceptors (Lipinski definition) is 4. The molecule has 0 spiro atoms. The topological polar surface area (TPSA) is 79.3 Å². The average Bonchev–Trinajstić information content (AvgIpc) is 3.30. The summed E-state index contributed by atoms with van der Waals surface area (Å²) in [4.78, 5) is 28.6. The van der Waals surface area contributed by atoms with Crippen LogP contribution in [0.1, 0.15) is 6.42 Å². The quantitative estimate of drug-likeness (QED) is 0.795. The first-order chi connectivity index (χ1) is 12.0. The number of allylic oxidation sites excluding steroid dienone is 2. The number of anilines is 1. The van der Waals surface area contributed by atoms with Crippen molar-refractivity contribution < 1.29 is 14.7 Å². The molecule has 0 unspecified atom stereocenters. The molecule has 1 heterocycles. The summed E-state index contributed by atoms with van der Waals surface area (Å²) in [6, 6.07) is 7.30. The van der Waals surface area contributed by atoms with E-state index in [4.69, 9.17) is 11.6 Å². The van der Waals surface area contributed by atoms with Crippen molar-refractivity contribution in [1.82, 2.24) is 4.98 Å². The summed E-state index contributed by atoms with van der Waals surface area (Å²) in [5, 5.41) is 15.2. The average molecular weight is 375 g/mol. The fraction of sp³-hybridized carbons (Fsp3) is 0.278. The lowest BCUT2D eigenvalue weighted by molar-refractivity contribution is -0.146. The maximum atomic E-state index is 12.7. The van der Waals surface area contributed by atoms with Crippen LogP contribution in [0.2, 0.25) is 5.02 Å². The molecule has 1 aromatic carbocycles. The molecule has 2 aromatic rings. The van der Waals surface area contributed by atoms with Crippen molar-refractivity contribution in [3.05, 3.63) is 46.8 Å². The number of aliphatic carboxylic acids is 1. The number of hydrogen-bond donors (Lipinski definition) is 2. The van der Waals surface area contributed by atoms with E-state index in [1.165, 1.54) is 11.3 Å². The number of thiazole rings is 1. The molecular formula is C18H15ClN2O3S. The minimum absolute atomic E-state index is 0.00166. The maximum absolute atomic E-state index is 12.7. The van der Waals surface area contributed by atoms with Gasteiger partial charge in [-0.1, -0.05) is 35.9 Å². The van der Waals surface area contributed by atoms with Gasteiger partial charge in [0.2, 0.25) is 5.91 Å². The van der Waals surface area contributed by atoms with Crippen LogP contribution in [-0.2, 0) is 9.59 Å². The molecule has 4 atom stereocenters. The Labute approximate surface area is 153 Å². The second kappa shape index (κ2) is 6.28. The van der Waals surface area contributed by atoms with Gasteiger partial charge in [-0.3, -0.25) is 9.59 Å². The van der Waals surface area contributed by atoms with Crippen molar-refractivity contribution in [2.24, 2.45) is 23.7 Å².